The highest BCUT2D eigenvalue weighted by atomic mass is 35.5. The van der Waals surface area contributed by atoms with Crippen LogP contribution in [0.4, 0.5) is 34.8 Å². The molecule has 0 saturated carbocycles. The Kier molecular flexibility index (Phi) is 10.6. The molecule has 0 radical (unpaired) electrons. The summed E-state index contributed by atoms with van der Waals surface area (Å²) >= 11 is 6.18. The van der Waals surface area contributed by atoms with Gasteiger partial charge < -0.3 is 19.7 Å². The Balaban J connectivity index is 0.000000161. The lowest BCUT2D eigenvalue weighted by Crippen LogP contribution is -2.36. The Morgan fingerprint density at radius 3 is 2.02 bits per heavy atom. The van der Waals surface area contributed by atoms with Crippen molar-refractivity contribution in [1.29, 1.82) is 0 Å². The average molecular weight is 795 g/mol. The second kappa shape index (κ2) is 16.2. The van der Waals surface area contributed by atoms with E-state index in [4.69, 9.17) is 21.1 Å². The fourth-order valence-electron chi connectivity index (χ4n) is 6.21. The first-order valence-electron chi connectivity index (χ1n) is 17.6. The van der Waals surface area contributed by atoms with Crippen LogP contribution in [0.3, 0.4) is 0 Å². The maximum absolute atomic E-state index is 14.3. The van der Waals surface area contributed by atoms with Gasteiger partial charge in [0.05, 0.1) is 50.4 Å². The Morgan fingerprint density at radius 1 is 0.772 bits per heavy atom. The van der Waals surface area contributed by atoms with Gasteiger partial charge >= 0.3 is 0 Å². The van der Waals surface area contributed by atoms with E-state index in [9.17, 15) is 17.6 Å². The van der Waals surface area contributed by atoms with Crippen LogP contribution in [-0.2, 0) is 11.3 Å². The van der Waals surface area contributed by atoms with Crippen LogP contribution < -0.4 is 15.0 Å². The lowest BCUT2D eigenvalue weighted by Gasteiger charge is -2.28. The number of nitrogens with zero attached hydrogens (tertiary/aromatic N) is 8. The molecular formula is C40H31ClF4N10O2. The minimum atomic E-state index is -0.754. The van der Waals surface area contributed by atoms with Gasteiger partial charge in [0.1, 0.15) is 51.1 Å². The van der Waals surface area contributed by atoms with E-state index < -0.39 is 23.3 Å². The molecule has 4 aromatic heterocycles. The molecule has 0 spiro atoms. The Bertz CT molecular complexity index is 2650. The third-order valence-corrected chi connectivity index (χ3v) is 9.31. The van der Waals surface area contributed by atoms with Crippen LogP contribution in [0.1, 0.15) is 5.56 Å². The highest BCUT2D eigenvalue weighted by Crippen LogP contribution is 2.31. The Hall–Kier alpha value is -6.65. The van der Waals surface area contributed by atoms with E-state index in [1.165, 1.54) is 30.5 Å². The molecule has 2 N–H and O–H groups in total. The van der Waals surface area contributed by atoms with Gasteiger partial charge in [0.2, 0.25) is 0 Å². The van der Waals surface area contributed by atoms with E-state index in [1.54, 1.807) is 18.0 Å². The van der Waals surface area contributed by atoms with Crippen LogP contribution in [0.2, 0.25) is 5.15 Å². The maximum atomic E-state index is 14.3. The molecule has 9 rings (SSSR count). The number of benzene rings is 4. The summed E-state index contributed by atoms with van der Waals surface area (Å²) in [5, 5.41) is 14.4. The number of nitrogens with one attached hydrogen (secondary N) is 2. The summed E-state index contributed by atoms with van der Waals surface area (Å²) < 4.78 is 68.8. The molecule has 1 saturated heterocycles. The standard InChI is InChI=1S/C21H18F2N6O.C19H13ClF2N4O/c22-15-2-1-3-16(23)18(15)20-26-17-12-24-28-19(17)21(27-20)25-13-4-6-14(7-5-13)29-8-10-30-11-9-29;1-27-12-7-5-11(6-8-12)9-26-10-15-17(25-26)18(20)24-19(23-15)16-13(21)3-2-4-14(16)22/h1-7,12H,8-11H2,(H,24,28)(H,25,26,27);2-8,10H,9H2,1H3. The molecule has 0 aliphatic carbocycles. The highest BCUT2D eigenvalue weighted by Gasteiger charge is 2.20. The molecule has 1 aliphatic rings. The van der Waals surface area contributed by atoms with Crippen molar-refractivity contribution in [2.24, 2.45) is 0 Å². The molecule has 0 amide bonds. The number of ether oxygens (including phenoxy) is 2. The SMILES string of the molecule is COc1ccc(Cn2cc3nc(-c4c(F)cccc4F)nc(Cl)c3n2)cc1.Fc1cccc(F)c1-c1nc(Nc2ccc(N3CCOCC3)cc2)c2[nH]ncc2n1. The number of H-pyrrole nitrogens is 1. The number of hydrogen-bond acceptors (Lipinski definition) is 10. The summed E-state index contributed by atoms with van der Waals surface area (Å²) in [6.07, 6.45) is 3.15. The number of aromatic amines is 1. The fraction of sp³-hybridized carbons (Fsp3) is 0.150. The van der Waals surface area contributed by atoms with Crippen molar-refractivity contribution in [1.82, 2.24) is 39.9 Å². The van der Waals surface area contributed by atoms with E-state index >= 15 is 0 Å². The smallest absolute Gasteiger partial charge is 0.168 e. The summed E-state index contributed by atoms with van der Waals surface area (Å²) in [6.45, 7) is 3.61. The molecule has 1 aliphatic heterocycles. The van der Waals surface area contributed by atoms with Gasteiger partial charge in [-0.1, -0.05) is 35.9 Å². The zero-order chi connectivity index (χ0) is 39.5. The van der Waals surface area contributed by atoms with Crippen molar-refractivity contribution in [3.05, 3.63) is 131 Å². The van der Waals surface area contributed by atoms with Crippen molar-refractivity contribution < 1.29 is 27.0 Å². The van der Waals surface area contributed by atoms with Gasteiger partial charge in [-0.05, 0) is 66.2 Å². The average Bonchev–Trinajstić information content (AvgIpc) is 3.87. The second-order valence-corrected chi connectivity index (χ2v) is 13.1. The van der Waals surface area contributed by atoms with Crippen molar-refractivity contribution in [3.63, 3.8) is 0 Å². The van der Waals surface area contributed by atoms with E-state index in [2.05, 4.69) is 45.4 Å². The first kappa shape index (κ1) is 37.3. The molecule has 5 heterocycles. The Morgan fingerprint density at radius 2 is 1.39 bits per heavy atom. The summed E-state index contributed by atoms with van der Waals surface area (Å²) in [4.78, 5) is 19.1. The first-order chi connectivity index (χ1) is 27.7. The number of fused-ring (bicyclic) bond motifs is 2. The number of anilines is 3. The molecule has 0 unspecified atom stereocenters. The lowest BCUT2D eigenvalue weighted by molar-refractivity contribution is 0.122. The van der Waals surface area contributed by atoms with Gasteiger partial charge in [-0.2, -0.15) is 10.2 Å². The highest BCUT2D eigenvalue weighted by molar-refractivity contribution is 6.33. The minimum Gasteiger partial charge on any atom is -0.497 e. The van der Waals surface area contributed by atoms with Crippen LogP contribution >= 0.6 is 11.6 Å². The van der Waals surface area contributed by atoms with Gasteiger partial charge in [0.25, 0.3) is 0 Å². The number of hydrogen-bond donors (Lipinski definition) is 2. The van der Waals surface area contributed by atoms with Gasteiger partial charge in [0.15, 0.2) is 22.6 Å². The third-order valence-electron chi connectivity index (χ3n) is 9.05. The zero-order valence-electron chi connectivity index (χ0n) is 30.1. The van der Waals surface area contributed by atoms with Crippen LogP contribution in [0.5, 0.6) is 5.75 Å². The molecule has 0 atom stereocenters. The number of morpholine rings is 1. The summed E-state index contributed by atoms with van der Waals surface area (Å²) in [5.74, 6) is -1.98. The summed E-state index contributed by atoms with van der Waals surface area (Å²) in [7, 11) is 1.60. The van der Waals surface area contributed by atoms with Crippen LogP contribution in [0.15, 0.2) is 97.3 Å². The summed E-state index contributed by atoms with van der Waals surface area (Å²) in [5.41, 5.74) is 4.06. The first-order valence-corrected chi connectivity index (χ1v) is 17.9. The topological polar surface area (TPSA) is 132 Å². The van der Waals surface area contributed by atoms with Crippen molar-refractivity contribution >= 4 is 50.9 Å². The van der Waals surface area contributed by atoms with Crippen LogP contribution in [0, 0.1) is 23.3 Å². The van der Waals surface area contributed by atoms with Gasteiger partial charge in [0, 0.05) is 24.5 Å². The van der Waals surface area contributed by atoms with Gasteiger partial charge in [-0.3, -0.25) is 9.78 Å². The fourth-order valence-corrected chi connectivity index (χ4v) is 6.43. The van der Waals surface area contributed by atoms with Crippen LogP contribution in [-0.4, -0.2) is 73.3 Å². The van der Waals surface area contributed by atoms with E-state index in [-0.39, 0.29) is 27.9 Å². The molecule has 8 aromatic rings. The number of halogens is 5. The molecule has 57 heavy (non-hydrogen) atoms. The molecular weight excluding hydrogens is 764 g/mol. The molecule has 4 aromatic carbocycles. The summed E-state index contributed by atoms with van der Waals surface area (Å²) in [6, 6.07) is 22.6. The van der Waals surface area contributed by atoms with Crippen molar-refractivity contribution in [3.8, 4) is 28.5 Å². The Labute approximate surface area is 327 Å². The number of methoxy groups -OCH3 is 1. The third kappa shape index (κ3) is 8.03. The lowest BCUT2D eigenvalue weighted by atomic mass is 10.2. The van der Waals surface area contributed by atoms with E-state index in [1.807, 2.05) is 48.5 Å². The van der Waals surface area contributed by atoms with Gasteiger partial charge in [-0.25, -0.2) is 37.5 Å². The maximum Gasteiger partial charge on any atom is 0.168 e. The number of aromatic nitrogens is 8. The molecule has 1 fully saturated rings. The largest absolute Gasteiger partial charge is 0.497 e. The monoisotopic (exact) mass is 794 g/mol. The molecule has 12 nitrogen and oxygen atoms in total. The minimum absolute atomic E-state index is 0.0335. The van der Waals surface area contributed by atoms with Crippen LogP contribution in [0.25, 0.3) is 44.8 Å². The zero-order valence-corrected chi connectivity index (χ0v) is 30.8. The van der Waals surface area contributed by atoms with E-state index in [0.29, 0.717) is 47.6 Å². The normalized spacial score (nSPS) is 12.8. The second-order valence-electron chi connectivity index (χ2n) is 12.7. The van der Waals surface area contributed by atoms with Gasteiger partial charge in [-0.15, -0.1) is 0 Å². The quantitative estimate of drug-likeness (QED) is 0.114. The molecule has 17 heteroatoms. The molecule has 288 valence electrons. The number of rotatable bonds is 8. The van der Waals surface area contributed by atoms with E-state index in [0.717, 1.165) is 47.9 Å². The van der Waals surface area contributed by atoms with Crippen molar-refractivity contribution in [2.75, 3.05) is 43.6 Å². The molecule has 0 bridgehead atoms. The predicted molar refractivity (Wildman–Crippen MR) is 208 cm³/mol. The van der Waals surface area contributed by atoms with Crippen molar-refractivity contribution in [2.45, 2.75) is 6.54 Å². The predicted octanol–water partition coefficient (Wildman–Crippen LogP) is 8.36.